The van der Waals surface area contributed by atoms with Crippen LogP contribution in [0.5, 0.6) is 0 Å². The van der Waals surface area contributed by atoms with Gasteiger partial charge in [-0.2, -0.15) is 0 Å². The largest absolute Gasteiger partial charge is 0.469 e. The molecule has 2 heterocycles. The summed E-state index contributed by atoms with van der Waals surface area (Å²) in [7, 11) is 0. The fourth-order valence-corrected chi connectivity index (χ4v) is 3.24. The standard InChI is InChI=1S/C17H27NO3/c1-4-6-15-14(7-10-21-15)16(20)18-9-5-8-17(11-18,12-19)13(2)3/h7,10,13,19H,4-6,8-9,11-12H2,1-3H3. The van der Waals surface area contributed by atoms with Gasteiger partial charge in [0, 0.05) is 24.9 Å². The molecular weight excluding hydrogens is 266 g/mol. The summed E-state index contributed by atoms with van der Waals surface area (Å²) in [5, 5.41) is 9.82. The van der Waals surface area contributed by atoms with E-state index in [2.05, 4.69) is 20.8 Å². The fourth-order valence-electron chi connectivity index (χ4n) is 3.24. The van der Waals surface area contributed by atoms with Crippen LogP contribution in [0.2, 0.25) is 0 Å². The molecule has 0 aliphatic carbocycles. The Labute approximate surface area is 127 Å². The van der Waals surface area contributed by atoms with E-state index < -0.39 is 0 Å². The maximum atomic E-state index is 12.8. The van der Waals surface area contributed by atoms with Crippen LogP contribution in [0.4, 0.5) is 0 Å². The van der Waals surface area contributed by atoms with Gasteiger partial charge in [-0.3, -0.25) is 4.79 Å². The van der Waals surface area contributed by atoms with E-state index >= 15 is 0 Å². The Hall–Kier alpha value is -1.29. The number of aryl methyl sites for hydroxylation is 1. The van der Waals surface area contributed by atoms with Gasteiger partial charge in [-0.1, -0.05) is 20.8 Å². The minimum Gasteiger partial charge on any atom is -0.469 e. The SMILES string of the molecule is CCCc1occc1C(=O)N1CCCC(CO)(C(C)C)C1. The lowest BCUT2D eigenvalue weighted by molar-refractivity contribution is 0.000616. The lowest BCUT2D eigenvalue weighted by Gasteiger charge is -2.44. The molecule has 1 aliphatic rings. The fraction of sp³-hybridized carbons (Fsp3) is 0.706. The van der Waals surface area contributed by atoms with Crippen molar-refractivity contribution in [1.29, 1.82) is 0 Å². The second-order valence-electron chi connectivity index (χ2n) is 6.51. The van der Waals surface area contributed by atoms with Crippen molar-refractivity contribution in [3.63, 3.8) is 0 Å². The van der Waals surface area contributed by atoms with E-state index in [0.717, 1.165) is 38.0 Å². The number of furan rings is 1. The van der Waals surface area contributed by atoms with Crippen molar-refractivity contribution >= 4 is 5.91 Å². The zero-order valence-electron chi connectivity index (χ0n) is 13.4. The second-order valence-corrected chi connectivity index (χ2v) is 6.51. The Morgan fingerprint density at radius 2 is 2.29 bits per heavy atom. The highest BCUT2D eigenvalue weighted by molar-refractivity contribution is 5.95. The van der Waals surface area contributed by atoms with E-state index in [9.17, 15) is 9.90 Å². The summed E-state index contributed by atoms with van der Waals surface area (Å²) < 4.78 is 5.45. The smallest absolute Gasteiger partial charge is 0.257 e. The van der Waals surface area contributed by atoms with Crippen LogP contribution in [0.25, 0.3) is 0 Å². The van der Waals surface area contributed by atoms with Crippen LogP contribution in [0.3, 0.4) is 0 Å². The van der Waals surface area contributed by atoms with E-state index in [4.69, 9.17) is 4.42 Å². The molecule has 1 N–H and O–H groups in total. The van der Waals surface area contributed by atoms with Crippen molar-refractivity contribution in [3.8, 4) is 0 Å². The number of hydrogen-bond donors (Lipinski definition) is 1. The molecule has 1 saturated heterocycles. The van der Waals surface area contributed by atoms with Gasteiger partial charge < -0.3 is 14.4 Å². The van der Waals surface area contributed by atoms with Crippen LogP contribution >= 0.6 is 0 Å². The Morgan fingerprint density at radius 1 is 1.52 bits per heavy atom. The summed E-state index contributed by atoms with van der Waals surface area (Å²) in [4.78, 5) is 14.7. The van der Waals surface area contributed by atoms with Crippen molar-refractivity contribution in [2.24, 2.45) is 11.3 Å². The number of carbonyl (C=O) groups is 1. The molecule has 1 aliphatic heterocycles. The molecule has 2 rings (SSSR count). The van der Waals surface area contributed by atoms with Crippen molar-refractivity contribution < 1.29 is 14.3 Å². The molecular formula is C17H27NO3. The summed E-state index contributed by atoms with van der Waals surface area (Å²) in [6, 6.07) is 1.78. The predicted molar refractivity (Wildman–Crippen MR) is 82.2 cm³/mol. The molecule has 1 amide bonds. The number of likely N-dealkylation sites (tertiary alicyclic amines) is 1. The van der Waals surface area contributed by atoms with E-state index in [0.29, 0.717) is 18.0 Å². The van der Waals surface area contributed by atoms with Crippen molar-refractivity contribution in [2.75, 3.05) is 19.7 Å². The van der Waals surface area contributed by atoms with E-state index in [1.807, 2.05) is 4.90 Å². The summed E-state index contributed by atoms with van der Waals surface area (Å²) >= 11 is 0. The number of aliphatic hydroxyl groups is 1. The highest BCUT2D eigenvalue weighted by Gasteiger charge is 2.39. The number of piperidine rings is 1. The van der Waals surface area contributed by atoms with Gasteiger partial charge in [-0.15, -0.1) is 0 Å². The molecule has 0 radical (unpaired) electrons. The molecule has 0 saturated carbocycles. The number of aliphatic hydroxyl groups excluding tert-OH is 1. The third-order valence-corrected chi connectivity index (χ3v) is 4.89. The monoisotopic (exact) mass is 293 g/mol. The number of rotatable bonds is 5. The Morgan fingerprint density at radius 3 is 2.90 bits per heavy atom. The van der Waals surface area contributed by atoms with Crippen LogP contribution in [0, 0.1) is 11.3 Å². The first kappa shape index (κ1) is 16.1. The Bertz CT molecular complexity index is 480. The molecule has 1 fully saturated rings. The van der Waals surface area contributed by atoms with Crippen molar-refractivity contribution in [1.82, 2.24) is 4.90 Å². The minimum atomic E-state index is -0.164. The highest BCUT2D eigenvalue weighted by Crippen LogP contribution is 2.37. The van der Waals surface area contributed by atoms with E-state index in [1.54, 1.807) is 12.3 Å². The maximum absolute atomic E-state index is 12.8. The van der Waals surface area contributed by atoms with Crippen molar-refractivity contribution in [3.05, 3.63) is 23.7 Å². The van der Waals surface area contributed by atoms with Gasteiger partial charge in [-0.05, 0) is 31.2 Å². The van der Waals surface area contributed by atoms with Crippen LogP contribution in [-0.2, 0) is 6.42 Å². The molecule has 118 valence electrons. The summed E-state index contributed by atoms with van der Waals surface area (Å²) in [5.74, 6) is 1.19. The quantitative estimate of drug-likeness (QED) is 0.907. The van der Waals surface area contributed by atoms with Crippen LogP contribution in [0.1, 0.15) is 56.2 Å². The van der Waals surface area contributed by atoms with Gasteiger partial charge in [0.25, 0.3) is 5.91 Å². The summed E-state index contributed by atoms with van der Waals surface area (Å²) in [5.41, 5.74) is 0.525. The lowest BCUT2D eigenvalue weighted by atomic mass is 9.72. The van der Waals surface area contributed by atoms with Crippen LogP contribution in [0.15, 0.2) is 16.7 Å². The van der Waals surface area contributed by atoms with Crippen molar-refractivity contribution in [2.45, 2.75) is 46.5 Å². The highest BCUT2D eigenvalue weighted by atomic mass is 16.3. The molecule has 0 aromatic carbocycles. The van der Waals surface area contributed by atoms with E-state index in [1.165, 1.54) is 0 Å². The average molecular weight is 293 g/mol. The number of amides is 1. The molecule has 1 unspecified atom stereocenters. The Balaban J connectivity index is 2.17. The first-order valence-corrected chi connectivity index (χ1v) is 8.00. The molecule has 1 aromatic heterocycles. The molecule has 4 nitrogen and oxygen atoms in total. The first-order valence-electron chi connectivity index (χ1n) is 8.00. The second kappa shape index (κ2) is 6.65. The number of carbonyl (C=O) groups excluding carboxylic acids is 1. The van der Waals surface area contributed by atoms with E-state index in [-0.39, 0.29) is 17.9 Å². The minimum absolute atomic E-state index is 0.0466. The molecule has 4 heteroatoms. The third-order valence-electron chi connectivity index (χ3n) is 4.89. The average Bonchev–Trinajstić information content (AvgIpc) is 2.95. The van der Waals surface area contributed by atoms with Gasteiger partial charge in [0.2, 0.25) is 0 Å². The molecule has 1 aromatic rings. The van der Waals surface area contributed by atoms with Gasteiger partial charge in [0.1, 0.15) is 5.76 Å². The van der Waals surface area contributed by atoms with Gasteiger partial charge in [-0.25, -0.2) is 0 Å². The predicted octanol–water partition coefficient (Wildman–Crippen LogP) is 3.10. The summed E-state index contributed by atoms with van der Waals surface area (Å²) in [6.45, 7) is 7.88. The van der Waals surface area contributed by atoms with Crippen LogP contribution in [-0.4, -0.2) is 35.6 Å². The third kappa shape index (κ3) is 3.15. The van der Waals surface area contributed by atoms with Gasteiger partial charge in [0.05, 0.1) is 18.4 Å². The zero-order chi connectivity index (χ0) is 15.5. The summed E-state index contributed by atoms with van der Waals surface area (Å²) in [6.07, 6.45) is 5.28. The molecule has 21 heavy (non-hydrogen) atoms. The normalized spacial score (nSPS) is 22.8. The lowest BCUT2D eigenvalue weighted by Crippen LogP contribution is -2.50. The Kier molecular flexibility index (Phi) is 5.09. The topological polar surface area (TPSA) is 53.7 Å². The maximum Gasteiger partial charge on any atom is 0.257 e. The first-order chi connectivity index (χ1) is 10.0. The van der Waals surface area contributed by atoms with Crippen LogP contribution < -0.4 is 0 Å². The van der Waals surface area contributed by atoms with Gasteiger partial charge in [0.15, 0.2) is 0 Å². The molecule has 0 bridgehead atoms. The number of hydrogen-bond acceptors (Lipinski definition) is 3. The molecule has 0 spiro atoms. The zero-order valence-corrected chi connectivity index (χ0v) is 13.4. The number of nitrogens with zero attached hydrogens (tertiary/aromatic N) is 1. The molecule has 1 atom stereocenters. The van der Waals surface area contributed by atoms with Gasteiger partial charge >= 0.3 is 0 Å².